The van der Waals surface area contributed by atoms with Crippen molar-refractivity contribution in [2.75, 3.05) is 27.4 Å². The number of allylic oxidation sites excluding steroid dienone is 3. The SMILES string of the molecule is C/C=C\[C@H](C)/C=C(\C)[C@H](O)[C@@H](COC(c1ccccc1)(c1ccccc1)c1ccc(OC)cc1)[C@@H](O)[C@H](C)COCc1ccc(OC)cc1. The lowest BCUT2D eigenvalue weighted by atomic mass is 9.79. The largest absolute Gasteiger partial charge is 0.497 e. The number of ether oxygens (including phenoxy) is 4. The van der Waals surface area contributed by atoms with Gasteiger partial charge in [-0.25, -0.2) is 0 Å². The van der Waals surface area contributed by atoms with Crippen molar-refractivity contribution in [3.63, 3.8) is 0 Å². The molecule has 2 N–H and O–H groups in total. The standard InChI is InChI=1S/C43H52O6/c1-7-14-31(2)27-32(3)41(44)40(42(45)33(4)28-48-29-34-19-23-38(46-5)24-20-34)30-49-43(35-15-10-8-11-16-35,36-17-12-9-13-18-36)37-21-25-39(47-6)26-22-37/h7-27,31,33,40-42,44-45H,28-30H2,1-6H3/b14-7-,32-27+/t31-,33+,40+,41-,42-/m0/s1. The molecule has 5 atom stereocenters. The zero-order chi connectivity index (χ0) is 35.2. The van der Waals surface area contributed by atoms with Crippen LogP contribution in [0.5, 0.6) is 11.5 Å². The molecule has 0 spiro atoms. The second kappa shape index (κ2) is 18.5. The topological polar surface area (TPSA) is 77.4 Å². The van der Waals surface area contributed by atoms with E-state index in [1.54, 1.807) is 14.2 Å². The molecule has 4 aromatic carbocycles. The molecule has 260 valence electrons. The van der Waals surface area contributed by atoms with Crippen molar-refractivity contribution < 1.29 is 29.2 Å². The summed E-state index contributed by atoms with van der Waals surface area (Å²) in [6.07, 6.45) is 4.22. The van der Waals surface area contributed by atoms with Crippen molar-refractivity contribution in [3.05, 3.63) is 155 Å². The number of rotatable bonds is 18. The quantitative estimate of drug-likeness (QED) is 0.0823. The lowest BCUT2D eigenvalue weighted by Gasteiger charge is -2.39. The lowest BCUT2D eigenvalue weighted by molar-refractivity contribution is -0.0899. The van der Waals surface area contributed by atoms with E-state index in [9.17, 15) is 10.2 Å². The van der Waals surface area contributed by atoms with E-state index in [-0.39, 0.29) is 18.4 Å². The highest BCUT2D eigenvalue weighted by Crippen LogP contribution is 2.42. The van der Waals surface area contributed by atoms with Crippen LogP contribution < -0.4 is 9.47 Å². The van der Waals surface area contributed by atoms with Crippen molar-refractivity contribution in [1.29, 1.82) is 0 Å². The van der Waals surface area contributed by atoms with Crippen LogP contribution in [0.3, 0.4) is 0 Å². The molecular formula is C43H52O6. The Kier molecular flexibility index (Phi) is 14.2. The molecule has 0 amide bonds. The molecule has 0 bridgehead atoms. The van der Waals surface area contributed by atoms with E-state index < -0.39 is 23.7 Å². The van der Waals surface area contributed by atoms with Crippen LogP contribution in [0.25, 0.3) is 0 Å². The first-order chi connectivity index (χ1) is 23.7. The van der Waals surface area contributed by atoms with Gasteiger partial charge in [0.15, 0.2) is 0 Å². The van der Waals surface area contributed by atoms with Crippen molar-refractivity contribution >= 4 is 0 Å². The van der Waals surface area contributed by atoms with Gasteiger partial charge in [0.1, 0.15) is 17.1 Å². The summed E-state index contributed by atoms with van der Waals surface area (Å²) in [5.74, 6) is 0.677. The smallest absolute Gasteiger partial charge is 0.143 e. The molecule has 6 heteroatoms. The maximum atomic E-state index is 12.0. The summed E-state index contributed by atoms with van der Waals surface area (Å²) in [5, 5.41) is 23.9. The molecule has 0 saturated carbocycles. The van der Waals surface area contributed by atoms with E-state index in [0.29, 0.717) is 13.2 Å². The highest BCUT2D eigenvalue weighted by molar-refractivity contribution is 5.48. The molecule has 4 aromatic rings. The highest BCUT2D eigenvalue weighted by atomic mass is 16.5. The summed E-state index contributed by atoms with van der Waals surface area (Å²) in [5.41, 5.74) is 3.50. The van der Waals surface area contributed by atoms with Gasteiger partial charge in [-0.3, -0.25) is 0 Å². The van der Waals surface area contributed by atoms with Crippen LogP contribution in [0.4, 0.5) is 0 Å². The fourth-order valence-corrected chi connectivity index (χ4v) is 6.33. The maximum absolute atomic E-state index is 12.0. The van der Waals surface area contributed by atoms with Gasteiger partial charge in [0.2, 0.25) is 0 Å². The predicted molar refractivity (Wildman–Crippen MR) is 197 cm³/mol. The molecule has 0 saturated heterocycles. The second-order valence-electron chi connectivity index (χ2n) is 12.7. The third-order valence-corrected chi connectivity index (χ3v) is 9.07. The molecule has 0 unspecified atom stereocenters. The van der Waals surface area contributed by atoms with E-state index in [0.717, 1.165) is 39.3 Å². The third-order valence-electron chi connectivity index (χ3n) is 9.07. The molecule has 4 rings (SSSR count). The van der Waals surface area contributed by atoms with Crippen molar-refractivity contribution in [1.82, 2.24) is 0 Å². The Balaban J connectivity index is 1.70. The lowest BCUT2D eigenvalue weighted by Crippen LogP contribution is -2.44. The highest BCUT2D eigenvalue weighted by Gasteiger charge is 2.41. The number of aliphatic hydroxyl groups excluding tert-OH is 2. The van der Waals surface area contributed by atoms with Crippen LogP contribution in [0.2, 0.25) is 0 Å². The molecule has 0 aliphatic heterocycles. The minimum atomic E-state index is -1.05. The van der Waals surface area contributed by atoms with Gasteiger partial charge >= 0.3 is 0 Å². The van der Waals surface area contributed by atoms with Crippen LogP contribution in [0.1, 0.15) is 49.9 Å². The average molecular weight is 665 g/mol. The van der Waals surface area contributed by atoms with Crippen LogP contribution in [0, 0.1) is 17.8 Å². The Morgan fingerprint density at radius 1 is 0.714 bits per heavy atom. The van der Waals surface area contributed by atoms with Gasteiger partial charge in [0.05, 0.1) is 46.2 Å². The number of hydrogen-bond acceptors (Lipinski definition) is 6. The van der Waals surface area contributed by atoms with Gasteiger partial charge in [-0.1, -0.05) is 117 Å². The summed E-state index contributed by atoms with van der Waals surface area (Å²) >= 11 is 0. The van der Waals surface area contributed by atoms with E-state index in [1.165, 1.54) is 0 Å². The van der Waals surface area contributed by atoms with E-state index in [2.05, 4.69) is 37.3 Å². The predicted octanol–water partition coefficient (Wildman–Crippen LogP) is 8.36. The van der Waals surface area contributed by atoms with Crippen LogP contribution in [-0.2, 0) is 21.7 Å². The summed E-state index contributed by atoms with van der Waals surface area (Å²) in [4.78, 5) is 0. The Labute approximate surface area is 292 Å². The maximum Gasteiger partial charge on any atom is 0.143 e. The Hall–Kier alpha value is -4.20. The van der Waals surface area contributed by atoms with Gasteiger partial charge < -0.3 is 29.2 Å². The zero-order valence-corrected chi connectivity index (χ0v) is 29.7. The van der Waals surface area contributed by atoms with E-state index in [4.69, 9.17) is 18.9 Å². The number of benzene rings is 4. The third kappa shape index (κ3) is 9.71. The van der Waals surface area contributed by atoms with Gasteiger partial charge in [0, 0.05) is 11.8 Å². The Bertz CT molecular complexity index is 1540. The molecule has 0 fully saturated rings. The normalized spacial score (nSPS) is 15.4. The summed E-state index contributed by atoms with van der Waals surface area (Å²) in [6.45, 7) is 8.68. The molecule has 49 heavy (non-hydrogen) atoms. The Morgan fingerprint density at radius 3 is 1.73 bits per heavy atom. The molecule has 0 heterocycles. The molecule has 0 aliphatic carbocycles. The van der Waals surface area contributed by atoms with Gasteiger partial charge in [0.25, 0.3) is 0 Å². The fraction of sp³-hybridized carbons (Fsp3) is 0.349. The summed E-state index contributed by atoms with van der Waals surface area (Å²) in [7, 11) is 3.29. The molecule has 0 radical (unpaired) electrons. The minimum Gasteiger partial charge on any atom is -0.497 e. The van der Waals surface area contributed by atoms with Crippen LogP contribution in [0.15, 0.2) is 133 Å². The summed E-state index contributed by atoms with van der Waals surface area (Å²) < 4.78 is 24.0. The van der Waals surface area contributed by atoms with Gasteiger partial charge in [-0.2, -0.15) is 0 Å². The van der Waals surface area contributed by atoms with Crippen molar-refractivity contribution in [2.45, 2.75) is 52.1 Å². The number of aliphatic hydroxyl groups is 2. The van der Waals surface area contributed by atoms with Crippen molar-refractivity contribution in [3.8, 4) is 11.5 Å². The molecule has 6 nitrogen and oxygen atoms in total. The van der Waals surface area contributed by atoms with Gasteiger partial charge in [-0.05, 0) is 71.9 Å². The van der Waals surface area contributed by atoms with E-state index in [1.807, 2.05) is 118 Å². The fourth-order valence-electron chi connectivity index (χ4n) is 6.33. The van der Waals surface area contributed by atoms with Crippen LogP contribution >= 0.6 is 0 Å². The molecular weight excluding hydrogens is 612 g/mol. The monoisotopic (exact) mass is 664 g/mol. The average Bonchev–Trinajstić information content (AvgIpc) is 3.14. The first-order valence-electron chi connectivity index (χ1n) is 17.0. The summed E-state index contributed by atoms with van der Waals surface area (Å²) in [6, 6.07) is 35.8. The van der Waals surface area contributed by atoms with E-state index >= 15 is 0 Å². The van der Waals surface area contributed by atoms with Crippen molar-refractivity contribution in [2.24, 2.45) is 17.8 Å². The minimum absolute atomic E-state index is 0.0597. The second-order valence-corrected chi connectivity index (χ2v) is 12.7. The van der Waals surface area contributed by atoms with Crippen LogP contribution in [-0.4, -0.2) is 49.9 Å². The zero-order valence-electron chi connectivity index (χ0n) is 29.7. The Morgan fingerprint density at radius 2 is 1.22 bits per heavy atom. The number of hydrogen-bond donors (Lipinski definition) is 2. The first-order valence-corrected chi connectivity index (χ1v) is 17.0. The molecule has 0 aliphatic rings. The molecule has 0 aromatic heterocycles. The number of methoxy groups -OCH3 is 2. The first kappa shape index (κ1) is 37.6. The van der Waals surface area contributed by atoms with Gasteiger partial charge in [-0.15, -0.1) is 0 Å².